The van der Waals surface area contributed by atoms with Gasteiger partial charge in [0, 0.05) is 51.2 Å². The van der Waals surface area contributed by atoms with Crippen LogP contribution >= 0.6 is 15.2 Å². The van der Waals surface area contributed by atoms with E-state index in [4.69, 9.17) is 14.2 Å². The van der Waals surface area contributed by atoms with Crippen molar-refractivity contribution in [2.45, 2.75) is 71.5 Å². The van der Waals surface area contributed by atoms with E-state index in [1.165, 1.54) is 17.0 Å². The molecule has 6 N–H and O–H groups in total. The summed E-state index contributed by atoms with van der Waals surface area (Å²) in [5.41, 5.74) is 1.67. The summed E-state index contributed by atoms with van der Waals surface area (Å²) < 4.78 is 40.6. The van der Waals surface area contributed by atoms with Gasteiger partial charge in [0.15, 0.2) is 11.5 Å². The van der Waals surface area contributed by atoms with Crippen molar-refractivity contribution in [1.29, 1.82) is 0 Å². The molecule has 272 valence electrons. The number of phenolic OH excluding ortho intramolecular Hbond substituents is 2. The zero-order valence-corrected chi connectivity index (χ0v) is 29.9. The van der Waals surface area contributed by atoms with Crippen LogP contribution in [-0.2, 0) is 36.5 Å². The lowest BCUT2D eigenvalue weighted by Gasteiger charge is -2.36. The van der Waals surface area contributed by atoms with Gasteiger partial charge in [0.05, 0.1) is 26.4 Å². The molecule has 0 aromatic heterocycles. The first-order valence-corrected chi connectivity index (χ1v) is 19.6. The first-order chi connectivity index (χ1) is 22.6. The van der Waals surface area contributed by atoms with E-state index in [0.29, 0.717) is 75.0 Å². The van der Waals surface area contributed by atoms with Gasteiger partial charge in [-0.15, -0.1) is 0 Å². The Labute approximate surface area is 283 Å². The fourth-order valence-electron chi connectivity index (χ4n) is 5.39. The standard InChI is InChI=1S/C32H52N2O12P2/c1-4-46-32-27(11-9-15-31(32)37)20-33(23-47(38,39)40)22-28(12-6-5-7-13-29(35)16-17-45-19-18-44-3)34(24-48(41,42)43)21-26-10-8-14-30(36)25(26)2/h8-11,14-15,28,36-37H,4-7,12-13,16-24H2,1-3H3,(H2,38,39,40)(H2,41,42,43). The summed E-state index contributed by atoms with van der Waals surface area (Å²) in [7, 11) is -7.66. The number of ether oxygens (including phenoxy) is 3. The van der Waals surface area contributed by atoms with E-state index in [-0.39, 0.29) is 49.3 Å². The predicted molar refractivity (Wildman–Crippen MR) is 181 cm³/mol. The molecule has 0 fully saturated rings. The minimum atomic E-state index is -4.62. The van der Waals surface area contributed by atoms with Crippen molar-refractivity contribution in [3.63, 3.8) is 0 Å². The zero-order chi connectivity index (χ0) is 35.7. The number of phenols is 2. The molecular weight excluding hydrogens is 666 g/mol. The third-order valence-electron chi connectivity index (χ3n) is 7.73. The predicted octanol–water partition coefficient (Wildman–Crippen LogP) is 4.32. The Hall–Kier alpha value is -2.35. The van der Waals surface area contributed by atoms with Gasteiger partial charge in [-0.25, -0.2) is 0 Å². The minimum Gasteiger partial charge on any atom is -0.508 e. The Balaban J connectivity index is 2.33. The van der Waals surface area contributed by atoms with Crippen LogP contribution in [0.2, 0.25) is 0 Å². The summed E-state index contributed by atoms with van der Waals surface area (Å²) in [6, 6.07) is 9.01. The lowest BCUT2D eigenvalue weighted by atomic mass is 10.0. The minimum absolute atomic E-state index is 0.00192. The van der Waals surface area contributed by atoms with E-state index in [1.807, 2.05) is 0 Å². The number of carbonyl (C=O) groups excluding carboxylic acids is 1. The number of para-hydroxylation sites is 1. The largest absolute Gasteiger partial charge is 0.508 e. The Morgan fingerprint density at radius 1 is 0.833 bits per heavy atom. The van der Waals surface area contributed by atoms with Crippen LogP contribution in [0.3, 0.4) is 0 Å². The number of ketones is 1. The molecule has 16 heteroatoms. The summed E-state index contributed by atoms with van der Waals surface area (Å²) in [4.78, 5) is 55.6. The molecule has 14 nitrogen and oxygen atoms in total. The van der Waals surface area contributed by atoms with Gasteiger partial charge < -0.3 is 44.0 Å². The first kappa shape index (κ1) is 41.8. The smallest absolute Gasteiger partial charge is 0.339 e. The van der Waals surface area contributed by atoms with Gasteiger partial charge in [-0.2, -0.15) is 0 Å². The molecule has 2 aromatic carbocycles. The number of rotatable bonds is 25. The molecule has 0 amide bonds. The van der Waals surface area contributed by atoms with Crippen LogP contribution in [0.4, 0.5) is 0 Å². The molecule has 0 aliphatic carbocycles. The molecule has 0 aliphatic heterocycles. The van der Waals surface area contributed by atoms with Crippen molar-refractivity contribution in [3.05, 3.63) is 53.1 Å². The van der Waals surface area contributed by atoms with Gasteiger partial charge >= 0.3 is 15.2 Å². The maximum absolute atomic E-state index is 12.4. The molecule has 0 spiro atoms. The van der Waals surface area contributed by atoms with Crippen molar-refractivity contribution in [2.75, 3.05) is 52.7 Å². The quantitative estimate of drug-likeness (QED) is 0.0625. The Kier molecular flexibility index (Phi) is 18.3. The van der Waals surface area contributed by atoms with E-state index < -0.39 is 33.8 Å². The number of hydrogen-bond donors (Lipinski definition) is 6. The summed E-state index contributed by atoms with van der Waals surface area (Å²) in [5.74, 6) is 0.156. The SMILES string of the molecule is CCOc1c(O)cccc1CN(CC(CCCCCC(=O)CCOCCOC)N(Cc1cccc(O)c1C)CP(=O)(O)O)CP(=O)(O)O. The topological polar surface area (TPSA) is 207 Å². The highest BCUT2D eigenvalue weighted by molar-refractivity contribution is 7.51. The molecule has 2 aromatic rings. The van der Waals surface area contributed by atoms with E-state index in [9.17, 15) is 43.7 Å². The summed E-state index contributed by atoms with van der Waals surface area (Å²) >= 11 is 0. The van der Waals surface area contributed by atoms with Gasteiger partial charge in [-0.3, -0.25) is 23.7 Å². The van der Waals surface area contributed by atoms with Gasteiger partial charge in [0.2, 0.25) is 0 Å². The zero-order valence-electron chi connectivity index (χ0n) is 28.1. The van der Waals surface area contributed by atoms with Crippen LogP contribution in [-0.4, -0.2) is 104 Å². The number of Topliss-reactive ketones (excluding diaryl/α,β-unsaturated/α-hetero) is 1. The first-order valence-electron chi connectivity index (χ1n) is 16.0. The normalized spacial score (nSPS) is 12.9. The maximum atomic E-state index is 12.4. The van der Waals surface area contributed by atoms with Gasteiger partial charge in [-0.05, 0) is 49.9 Å². The van der Waals surface area contributed by atoms with Crippen molar-refractivity contribution in [1.82, 2.24) is 9.80 Å². The third kappa shape index (κ3) is 16.4. The molecule has 0 saturated carbocycles. The average molecular weight is 719 g/mol. The van der Waals surface area contributed by atoms with Gasteiger partial charge in [0.25, 0.3) is 0 Å². The second-order valence-electron chi connectivity index (χ2n) is 11.8. The number of nitrogens with zero attached hydrogens (tertiary/aromatic N) is 2. The Morgan fingerprint density at radius 2 is 1.50 bits per heavy atom. The summed E-state index contributed by atoms with van der Waals surface area (Å²) in [6.45, 7) is 4.90. The second kappa shape index (κ2) is 21.0. The van der Waals surface area contributed by atoms with Crippen LogP contribution in [0, 0.1) is 6.92 Å². The van der Waals surface area contributed by atoms with Crippen molar-refractivity contribution < 1.29 is 57.9 Å². The number of aromatic hydroxyl groups is 2. The lowest BCUT2D eigenvalue weighted by Crippen LogP contribution is -2.44. The van der Waals surface area contributed by atoms with E-state index in [2.05, 4.69) is 0 Å². The van der Waals surface area contributed by atoms with E-state index in [0.717, 1.165) is 0 Å². The highest BCUT2D eigenvalue weighted by atomic mass is 31.2. The molecule has 0 heterocycles. The van der Waals surface area contributed by atoms with E-state index in [1.54, 1.807) is 50.1 Å². The van der Waals surface area contributed by atoms with Crippen molar-refractivity contribution in [2.24, 2.45) is 0 Å². The summed E-state index contributed by atoms with van der Waals surface area (Å²) in [6.07, 6.45) is 1.56. The molecule has 0 bridgehead atoms. The van der Waals surface area contributed by atoms with E-state index >= 15 is 0 Å². The van der Waals surface area contributed by atoms with Crippen LogP contribution in [0.5, 0.6) is 17.2 Å². The molecule has 0 aliphatic rings. The molecule has 48 heavy (non-hydrogen) atoms. The fourth-order valence-corrected chi connectivity index (χ4v) is 6.93. The molecule has 0 radical (unpaired) electrons. The van der Waals surface area contributed by atoms with Crippen molar-refractivity contribution in [3.8, 4) is 17.2 Å². The average Bonchev–Trinajstić information content (AvgIpc) is 2.98. The monoisotopic (exact) mass is 718 g/mol. The highest BCUT2D eigenvalue weighted by Gasteiger charge is 2.31. The second-order valence-corrected chi connectivity index (χ2v) is 15.0. The Morgan fingerprint density at radius 3 is 2.15 bits per heavy atom. The molecule has 0 saturated heterocycles. The molecule has 1 atom stereocenters. The van der Waals surface area contributed by atoms with Crippen LogP contribution < -0.4 is 4.74 Å². The Bertz CT molecular complexity index is 1370. The van der Waals surface area contributed by atoms with Crippen LogP contribution in [0.1, 0.15) is 62.1 Å². The highest BCUT2D eigenvalue weighted by Crippen LogP contribution is 2.40. The van der Waals surface area contributed by atoms with Gasteiger partial charge in [0.1, 0.15) is 24.1 Å². The molecule has 1 unspecified atom stereocenters. The fraction of sp³-hybridized carbons (Fsp3) is 0.594. The van der Waals surface area contributed by atoms with Crippen LogP contribution in [0.25, 0.3) is 0 Å². The lowest BCUT2D eigenvalue weighted by molar-refractivity contribution is -0.120. The number of unbranched alkanes of at least 4 members (excludes halogenated alkanes) is 2. The number of benzene rings is 2. The molecule has 2 rings (SSSR count). The third-order valence-corrected chi connectivity index (χ3v) is 9.23. The molecular formula is C32H52N2O12P2. The maximum Gasteiger partial charge on any atom is 0.339 e. The summed E-state index contributed by atoms with van der Waals surface area (Å²) in [5, 5.41) is 20.7. The number of carbonyl (C=O) groups is 1. The number of methoxy groups -OCH3 is 1. The van der Waals surface area contributed by atoms with Crippen molar-refractivity contribution >= 4 is 21.0 Å². The van der Waals surface area contributed by atoms with Gasteiger partial charge in [-0.1, -0.05) is 37.1 Å². The van der Waals surface area contributed by atoms with Crippen LogP contribution in [0.15, 0.2) is 36.4 Å². The number of hydrogen-bond acceptors (Lipinski definition) is 10.